The lowest BCUT2D eigenvalue weighted by Crippen LogP contribution is -2.18. The highest BCUT2D eigenvalue weighted by molar-refractivity contribution is 5.85. The largest absolute Gasteiger partial charge is 0.212 e. The number of aromatic nitrogens is 3. The van der Waals surface area contributed by atoms with Gasteiger partial charge < -0.3 is 0 Å². The number of rotatable bonds is 5. The first-order valence-corrected chi connectivity index (χ1v) is 13.6. The lowest BCUT2D eigenvalue weighted by molar-refractivity contribution is 0.543. The van der Waals surface area contributed by atoms with Crippen LogP contribution < -0.4 is 0 Å². The Morgan fingerprint density at radius 3 is 1.40 bits per heavy atom. The number of hydrogen-bond donors (Lipinski definition) is 0. The van der Waals surface area contributed by atoms with Crippen molar-refractivity contribution in [1.82, 2.24) is 15.0 Å². The predicted octanol–water partition coefficient (Wildman–Crippen LogP) is 9.50. The van der Waals surface area contributed by atoms with Crippen molar-refractivity contribution in [2.45, 2.75) is 26.2 Å². The van der Waals surface area contributed by atoms with Gasteiger partial charge >= 0.3 is 0 Å². The normalized spacial score (nSPS) is 11.4. The molecule has 0 amide bonds. The van der Waals surface area contributed by atoms with Crippen LogP contribution in [0.25, 0.3) is 56.2 Å². The lowest BCUT2D eigenvalue weighted by Gasteiger charge is -2.19. The van der Waals surface area contributed by atoms with Crippen LogP contribution in [0.15, 0.2) is 133 Å². The second-order valence-electron chi connectivity index (χ2n) is 11.0. The highest BCUT2D eigenvalue weighted by Gasteiger charge is 2.22. The summed E-state index contributed by atoms with van der Waals surface area (Å²) in [5.41, 5.74) is 8.62. The van der Waals surface area contributed by atoms with Crippen molar-refractivity contribution in [3.05, 3.63) is 139 Å². The van der Waals surface area contributed by atoms with Gasteiger partial charge in [-0.1, -0.05) is 142 Å². The van der Waals surface area contributed by atoms with Crippen molar-refractivity contribution in [1.29, 1.82) is 0 Å². The first kappa shape index (κ1) is 25.4. The molecule has 6 aromatic rings. The zero-order chi connectivity index (χ0) is 27.5. The van der Waals surface area contributed by atoms with Crippen molar-refractivity contribution < 1.29 is 0 Å². The molecule has 0 aliphatic carbocycles. The standard InChI is InChI=1S/C37H31N3/c1-37(2,3)36-39-34(30-21-19-28(20-22-30)26-13-7-4-8-14-26)38-35(40-36)32-24-23-31(27-15-9-5-10-16-27)25-33(32)29-17-11-6-12-18-29/h4-25H,1-3H3. The van der Waals surface area contributed by atoms with Crippen LogP contribution in [-0.4, -0.2) is 15.0 Å². The summed E-state index contributed by atoms with van der Waals surface area (Å²) in [6.45, 7) is 6.43. The third-order valence-electron chi connectivity index (χ3n) is 7.01. The van der Waals surface area contributed by atoms with Crippen molar-refractivity contribution in [3.8, 4) is 56.2 Å². The topological polar surface area (TPSA) is 38.7 Å². The Balaban J connectivity index is 1.50. The second-order valence-corrected chi connectivity index (χ2v) is 11.0. The van der Waals surface area contributed by atoms with Gasteiger partial charge in [0.2, 0.25) is 0 Å². The summed E-state index contributed by atoms with van der Waals surface area (Å²) < 4.78 is 0. The molecule has 0 radical (unpaired) electrons. The molecule has 5 aromatic carbocycles. The maximum Gasteiger partial charge on any atom is 0.164 e. The van der Waals surface area contributed by atoms with Crippen LogP contribution in [0.2, 0.25) is 0 Å². The van der Waals surface area contributed by atoms with Gasteiger partial charge in [0, 0.05) is 16.5 Å². The summed E-state index contributed by atoms with van der Waals surface area (Å²) >= 11 is 0. The molecule has 6 rings (SSSR count). The Morgan fingerprint density at radius 1 is 0.375 bits per heavy atom. The molecule has 0 aliphatic heterocycles. The molecule has 40 heavy (non-hydrogen) atoms. The molecule has 194 valence electrons. The molecule has 3 nitrogen and oxygen atoms in total. The number of benzene rings is 5. The molecule has 0 unspecified atom stereocenters. The van der Waals surface area contributed by atoms with Gasteiger partial charge in [0.15, 0.2) is 11.6 Å². The molecular weight excluding hydrogens is 486 g/mol. The average molecular weight is 518 g/mol. The highest BCUT2D eigenvalue weighted by Crippen LogP contribution is 2.36. The van der Waals surface area contributed by atoms with E-state index in [0.717, 1.165) is 39.2 Å². The minimum Gasteiger partial charge on any atom is -0.212 e. The Bertz CT molecular complexity index is 1740. The minimum atomic E-state index is -0.243. The first-order chi connectivity index (χ1) is 19.5. The lowest BCUT2D eigenvalue weighted by atomic mass is 9.93. The van der Waals surface area contributed by atoms with Crippen LogP contribution >= 0.6 is 0 Å². The second kappa shape index (κ2) is 10.7. The van der Waals surface area contributed by atoms with E-state index < -0.39 is 0 Å². The SMILES string of the molecule is CC(C)(C)c1nc(-c2ccc(-c3ccccc3)cc2)nc(-c2ccc(-c3ccccc3)cc2-c2ccccc2)n1. The Morgan fingerprint density at radius 2 is 0.825 bits per heavy atom. The minimum absolute atomic E-state index is 0.243. The smallest absolute Gasteiger partial charge is 0.164 e. The molecule has 0 N–H and O–H groups in total. The van der Waals surface area contributed by atoms with Gasteiger partial charge in [0.05, 0.1) is 0 Å². The molecule has 0 fully saturated rings. The molecule has 3 heteroatoms. The van der Waals surface area contributed by atoms with Gasteiger partial charge in [-0.05, 0) is 45.5 Å². The Labute approximate surface area is 236 Å². The van der Waals surface area contributed by atoms with Gasteiger partial charge in [0.25, 0.3) is 0 Å². The van der Waals surface area contributed by atoms with E-state index in [1.165, 1.54) is 11.1 Å². The van der Waals surface area contributed by atoms with Crippen LogP contribution in [0.3, 0.4) is 0 Å². The third-order valence-corrected chi connectivity index (χ3v) is 7.01. The molecule has 1 heterocycles. The van der Waals surface area contributed by atoms with E-state index in [0.29, 0.717) is 11.6 Å². The quantitative estimate of drug-likeness (QED) is 0.229. The van der Waals surface area contributed by atoms with E-state index in [9.17, 15) is 0 Å². The van der Waals surface area contributed by atoms with E-state index in [1.54, 1.807) is 0 Å². The third kappa shape index (κ3) is 5.32. The van der Waals surface area contributed by atoms with Gasteiger partial charge in [-0.15, -0.1) is 0 Å². The number of nitrogens with zero attached hydrogens (tertiary/aromatic N) is 3. The van der Waals surface area contributed by atoms with E-state index in [4.69, 9.17) is 15.0 Å². The molecule has 0 aliphatic rings. The van der Waals surface area contributed by atoms with E-state index in [-0.39, 0.29) is 5.41 Å². The van der Waals surface area contributed by atoms with Crippen molar-refractivity contribution in [2.24, 2.45) is 0 Å². The maximum atomic E-state index is 5.06. The highest BCUT2D eigenvalue weighted by atomic mass is 15.0. The van der Waals surface area contributed by atoms with Gasteiger partial charge in [-0.25, -0.2) is 15.0 Å². The fourth-order valence-corrected chi connectivity index (χ4v) is 4.81. The van der Waals surface area contributed by atoms with Gasteiger partial charge in [-0.3, -0.25) is 0 Å². The fourth-order valence-electron chi connectivity index (χ4n) is 4.81. The van der Waals surface area contributed by atoms with Crippen LogP contribution in [-0.2, 0) is 5.41 Å². The zero-order valence-electron chi connectivity index (χ0n) is 23.0. The summed E-state index contributed by atoms with van der Waals surface area (Å²) in [4.78, 5) is 15.0. The maximum absolute atomic E-state index is 5.06. The van der Waals surface area contributed by atoms with Gasteiger partial charge in [-0.2, -0.15) is 0 Å². The fraction of sp³-hybridized carbons (Fsp3) is 0.108. The summed E-state index contributed by atoms with van der Waals surface area (Å²) in [6.07, 6.45) is 0. The van der Waals surface area contributed by atoms with Crippen LogP contribution in [0.5, 0.6) is 0 Å². The summed E-state index contributed by atoms with van der Waals surface area (Å²) in [5.74, 6) is 2.13. The van der Waals surface area contributed by atoms with Crippen LogP contribution in [0.4, 0.5) is 0 Å². The van der Waals surface area contributed by atoms with E-state index in [1.807, 2.05) is 18.2 Å². The Hall–Kier alpha value is -4.89. The summed E-state index contributed by atoms with van der Waals surface area (Å²) in [5, 5.41) is 0. The monoisotopic (exact) mass is 517 g/mol. The summed E-state index contributed by atoms with van der Waals surface area (Å²) in [6, 6.07) is 46.4. The first-order valence-electron chi connectivity index (χ1n) is 13.6. The molecule has 0 spiro atoms. The van der Waals surface area contributed by atoms with Crippen molar-refractivity contribution in [2.75, 3.05) is 0 Å². The van der Waals surface area contributed by atoms with Crippen molar-refractivity contribution in [3.63, 3.8) is 0 Å². The van der Waals surface area contributed by atoms with E-state index in [2.05, 4.69) is 136 Å². The zero-order valence-corrected chi connectivity index (χ0v) is 23.0. The predicted molar refractivity (Wildman–Crippen MR) is 166 cm³/mol. The van der Waals surface area contributed by atoms with Crippen molar-refractivity contribution >= 4 is 0 Å². The average Bonchev–Trinajstić information content (AvgIpc) is 3.01. The molecular formula is C37H31N3. The summed E-state index contributed by atoms with van der Waals surface area (Å²) in [7, 11) is 0. The molecule has 0 bridgehead atoms. The molecule has 0 saturated heterocycles. The molecule has 0 saturated carbocycles. The van der Waals surface area contributed by atoms with Crippen LogP contribution in [0, 0.1) is 0 Å². The molecule has 0 atom stereocenters. The Kier molecular flexibility index (Phi) is 6.79. The number of hydrogen-bond acceptors (Lipinski definition) is 3. The van der Waals surface area contributed by atoms with E-state index >= 15 is 0 Å². The molecule has 1 aromatic heterocycles. The van der Waals surface area contributed by atoms with Crippen LogP contribution in [0.1, 0.15) is 26.6 Å². The van der Waals surface area contributed by atoms with Gasteiger partial charge in [0.1, 0.15) is 5.82 Å².